The summed E-state index contributed by atoms with van der Waals surface area (Å²) in [6.07, 6.45) is 1.69. The number of hydrogen-bond donors (Lipinski definition) is 2. The van der Waals surface area contributed by atoms with Gasteiger partial charge in [0.25, 0.3) is 5.91 Å². The van der Waals surface area contributed by atoms with Crippen molar-refractivity contribution in [3.8, 4) is 5.75 Å². The Bertz CT molecular complexity index is 502. The van der Waals surface area contributed by atoms with Crippen molar-refractivity contribution in [2.24, 2.45) is 5.73 Å². The predicted octanol–water partition coefficient (Wildman–Crippen LogP) is 1.59. The highest BCUT2D eigenvalue weighted by Crippen LogP contribution is 2.26. The van der Waals surface area contributed by atoms with Crippen molar-refractivity contribution in [3.05, 3.63) is 29.3 Å². The molecule has 0 bridgehead atoms. The Hall–Kier alpha value is -1.62. The fraction of sp³-hybridized carbons (Fsp3) is 0.385. The van der Waals surface area contributed by atoms with Crippen molar-refractivity contribution < 1.29 is 9.90 Å². The lowest BCUT2D eigenvalue weighted by Gasteiger charge is -2.24. The van der Waals surface area contributed by atoms with Gasteiger partial charge in [0.15, 0.2) is 0 Å². The number of benzene rings is 1. The third-order valence-corrected chi connectivity index (χ3v) is 3.58. The molecule has 0 aromatic heterocycles. The topological polar surface area (TPSA) is 66.6 Å². The maximum absolute atomic E-state index is 12.4. The molecule has 0 saturated carbocycles. The standard InChI is InChI=1S/C13H16N2O2S/c1-8-4-2-5-9(11(8)16)13(17)15-7-3-6-10(15)12(14)18/h2,4-5,10,16H,3,6-7H2,1H3,(H2,14,18). The third kappa shape index (κ3) is 2.18. The fourth-order valence-corrected chi connectivity index (χ4v) is 2.54. The number of nitrogens with zero attached hydrogens (tertiary/aromatic N) is 1. The minimum Gasteiger partial charge on any atom is -0.507 e. The molecule has 1 fully saturated rings. The molecule has 0 radical (unpaired) electrons. The summed E-state index contributed by atoms with van der Waals surface area (Å²) in [6, 6.07) is 4.96. The molecule has 0 aliphatic carbocycles. The molecule has 1 atom stereocenters. The molecule has 2 rings (SSSR count). The van der Waals surface area contributed by atoms with E-state index in [4.69, 9.17) is 18.0 Å². The largest absolute Gasteiger partial charge is 0.507 e. The van der Waals surface area contributed by atoms with Crippen LogP contribution in [0.2, 0.25) is 0 Å². The van der Waals surface area contributed by atoms with Gasteiger partial charge in [-0.3, -0.25) is 4.79 Å². The van der Waals surface area contributed by atoms with Crippen LogP contribution in [0, 0.1) is 6.92 Å². The van der Waals surface area contributed by atoms with Gasteiger partial charge in [-0.1, -0.05) is 24.4 Å². The van der Waals surface area contributed by atoms with E-state index in [1.807, 2.05) is 0 Å². The number of thiocarbonyl (C=S) groups is 1. The normalized spacial score (nSPS) is 18.9. The zero-order chi connectivity index (χ0) is 13.3. The van der Waals surface area contributed by atoms with Gasteiger partial charge in [-0.15, -0.1) is 0 Å². The molecule has 1 heterocycles. The van der Waals surface area contributed by atoms with Gasteiger partial charge in [-0.05, 0) is 31.4 Å². The monoisotopic (exact) mass is 264 g/mol. The smallest absolute Gasteiger partial charge is 0.258 e. The summed E-state index contributed by atoms with van der Waals surface area (Å²) in [7, 11) is 0. The Balaban J connectivity index is 2.31. The SMILES string of the molecule is Cc1cccc(C(=O)N2CCCC2C(N)=S)c1O. The number of likely N-dealkylation sites (tertiary alicyclic amines) is 1. The van der Waals surface area contributed by atoms with E-state index in [9.17, 15) is 9.90 Å². The summed E-state index contributed by atoms with van der Waals surface area (Å²) in [4.78, 5) is 14.4. The van der Waals surface area contributed by atoms with Crippen molar-refractivity contribution in [3.63, 3.8) is 0 Å². The van der Waals surface area contributed by atoms with Crippen LogP contribution >= 0.6 is 12.2 Å². The minimum atomic E-state index is -0.202. The van der Waals surface area contributed by atoms with Crippen LogP contribution in [-0.4, -0.2) is 33.5 Å². The molecule has 3 N–H and O–H groups in total. The van der Waals surface area contributed by atoms with Gasteiger partial charge in [0, 0.05) is 6.54 Å². The summed E-state index contributed by atoms with van der Waals surface area (Å²) in [5.74, 6) is -0.164. The maximum Gasteiger partial charge on any atom is 0.258 e. The molecular formula is C13H16N2O2S. The second kappa shape index (κ2) is 4.94. The highest BCUT2D eigenvalue weighted by Gasteiger charge is 2.32. The summed E-state index contributed by atoms with van der Waals surface area (Å²) in [6.45, 7) is 2.40. The lowest BCUT2D eigenvalue weighted by atomic mass is 10.1. The first kappa shape index (κ1) is 12.8. The third-order valence-electron chi connectivity index (χ3n) is 3.31. The van der Waals surface area contributed by atoms with Crippen LogP contribution < -0.4 is 5.73 Å². The van der Waals surface area contributed by atoms with Gasteiger partial charge in [0.05, 0.1) is 16.6 Å². The van der Waals surface area contributed by atoms with E-state index in [0.29, 0.717) is 22.7 Å². The van der Waals surface area contributed by atoms with Crippen LogP contribution in [0.15, 0.2) is 18.2 Å². The van der Waals surface area contributed by atoms with Gasteiger partial charge in [0.1, 0.15) is 5.75 Å². The number of phenolic OH excluding ortho intramolecular Hbond substituents is 1. The highest BCUT2D eigenvalue weighted by molar-refractivity contribution is 7.80. The lowest BCUT2D eigenvalue weighted by molar-refractivity contribution is 0.0767. The number of aryl methyl sites for hydroxylation is 1. The van der Waals surface area contributed by atoms with E-state index in [1.165, 1.54) is 0 Å². The summed E-state index contributed by atoms with van der Waals surface area (Å²) in [5, 5.41) is 9.94. The van der Waals surface area contributed by atoms with Crippen molar-refractivity contribution in [2.75, 3.05) is 6.54 Å². The van der Waals surface area contributed by atoms with Crippen LogP contribution in [-0.2, 0) is 0 Å². The fourth-order valence-electron chi connectivity index (χ4n) is 2.29. The number of para-hydroxylation sites is 1. The average molecular weight is 264 g/mol. The molecule has 18 heavy (non-hydrogen) atoms. The van der Waals surface area contributed by atoms with Crippen LogP contribution in [0.5, 0.6) is 5.75 Å². The van der Waals surface area contributed by atoms with E-state index in [1.54, 1.807) is 30.0 Å². The average Bonchev–Trinajstić information content (AvgIpc) is 2.81. The molecular weight excluding hydrogens is 248 g/mol. The number of carbonyl (C=O) groups excluding carboxylic acids is 1. The van der Waals surface area contributed by atoms with Crippen molar-refractivity contribution in [1.29, 1.82) is 0 Å². The molecule has 1 unspecified atom stereocenters. The van der Waals surface area contributed by atoms with E-state index in [-0.39, 0.29) is 17.7 Å². The Morgan fingerprint density at radius 3 is 2.94 bits per heavy atom. The van der Waals surface area contributed by atoms with E-state index < -0.39 is 0 Å². The predicted molar refractivity (Wildman–Crippen MR) is 73.7 cm³/mol. The second-order valence-corrected chi connectivity index (χ2v) is 5.00. The van der Waals surface area contributed by atoms with Crippen molar-refractivity contribution >= 4 is 23.1 Å². The van der Waals surface area contributed by atoms with Crippen LogP contribution in [0.3, 0.4) is 0 Å². The number of rotatable bonds is 2. The van der Waals surface area contributed by atoms with E-state index >= 15 is 0 Å². The first-order chi connectivity index (χ1) is 8.52. The Kier molecular flexibility index (Phi) is 3.52. The van der Waals surface area contributed by atoms with Gasteiger partial charge in [-0.25, -0.2) is 0 Å². The molecule has 1 aliphatic rings. The summed E-state index contributed by atoms with van der Waals surface area (Å²) in [5.41, 5.74) is 6.65. The first-order valence-corrected chi connectivity index (χ1v) is 6.32. The zero-order valence-electron chi connectivity index (χ0n) is 10.2. The Morgan fingerprint density at radius 2 is 2.28 bits per heavy atom. The van der Waals surface area contributed by atoms with Crippen LogP contribution in [0.4, 0.5) is 0 Å². The van der Waals surface area contributed by atoms with Crippen LogP contribution in [0.25, 0.3) is 0 Å². The van der Waals surface area contributed by atoms with Crippen LogP contribution in [0.1, 0.15) is 28.8 Å². The zero-order valence-corrected chi connectivity index (χ0v) is 11.0. The van der Waals surface area contributed by atoms with Crippen molar-refractivity contribution in [1.82, 2.24) is 4.90 Å². The van der Waals surface area contributed by atoms with Gasteiger partial charge in [0.2, 0.25) is 0 Å². The number of carbonyl (C=O) groups is 1. The molecule has 1 aromatic rings. The molecule has 4 nitrogen and oxygen atoms in total. The molecule has 1 amide bonds. The first-order valence-electron chi connectivity index (χ1n) is 5.91. The maximum atomic E-state index is 12.4. The Labute approximate surface area is 111 Å². The number of amides is 1. The van der Waals surface area contributed by atoms with Gasteiger partial charge in [-0.2, -0.15) is 0 Å². The second-order valence-electron chi connectivity index (χ2n) is 4.53. The molecule has 1 aliphatic heterocycles. The van der Waals surface area contributed by atoms with Gasteiger partial charge >= 0.3 is 0 Å². The van der Waals surface area contributed by atoms with Crippen molar-refractivity contribution in [2.45, 2.75) is 25.8 Å². The highest BCUT2D eigenvalue weighted by atomic mass is 32.1. The molecule has 5 heteroatoms. The number of nitrogens with two attached hydrogens (primary N) is 1. The molecule has 96 valence electrons. The quantitative estimate of drug-likeness (QED) is 0.796. The summed E-state index contributed by atoms with van der Waals surface area (Å²) < 4.78 is 0. The number of phenols is 1. The van der Waals surface area contributed by atoms with E-state index in [2.05, 4.69) is 0 Å². The van der Waals surface area contributed by atoms with E-state index in [0.717, 1.165) is 12.8 Å². The number of aromatic hydroxyl groups is 1. The van der Waals surface area contributed by atoms with Gasteiger partial charge < -0.3 is 15.7 Å². The molecule has 1 aromatic carbocycles. The number of hydrogen-bond acceptors (Lipinski definition) is 3. The summed E-state index contributed by atoms with van der Waals surface area (Å²) >= 11 is 4.98. The molecule has 0 spiro atoms. The lowest BCUT2D eigenvalue weighted by Crippen LogP contribution is -2.42. The Morgan fingerprint density at radius 1 is 1.56 bits per heavy atom. The minimum absolute atomic E-state index is 0.0380. The molecule has 1 saturated heterocycles.